The number of hydrogen-bond acceptors (Lipinski definition) is 3. The number of rotatable bonds is 5. The second-order valence-corrected chi connectivity index (χ2v) is 7.34. The summed E-state index contributed by atoms with van der Waals surface area (Å²) in [7, 11) is 0. The summed E-state index contributed by atoms with van der Waals surface area (Å²) < 4.78 is 28.4. The van der Waals surface area contributed by atoms with E-state index in [1.54, 1.807) is 0 Å². The number of hydrogen-bond donors (Lipinski definition) is 2. The van der Waals surface area contributed by atoms with Crippen LogP contribution in [0.5, 0.6) is 0 Å². The van der Waals surface area contributed by atoms with E-state index < -0.39 is 11.6 Å². The van der Waals surface area contributed by atoms with Crippen LogP contribution in [0.25, 0.3) is 11.0 Å². The molecule has 2 N–H and O–H groups in total. The van der Waals surface area contributed by atoms with Crippen molar-refractivity contribution in [3.8, 4) is 0 Å². The Balaban J connectivity index is 1.31. The number of H-pyrrole nitrogens is 1. The Morgan fingerprint density at radius 3 is 2.66 bits per heavy atom. The first-order valence-corrected chi connectivity index (χ1v) is 9.63. The van der Waals surface area contributed by atoms with Crippen molar-refractivity contribution >= 4 is 16.9 Å². The monoisotopic (exact) mass is 400 g/mol. The van der Waals surface area contributed by atoms with E-state index in [1.165, 1.54) is 12.1 Å². The molecule has 1 amide bonds. The second kappa shape index (κ2) is 8.16. The number of halogens is 2. The predicted octanol–water partition coefficient (Wildman–Crippen LogP) is 2.56. The van der Waals surface area contributed by atoms with E-state index in [0.717, 1.165) is 29.9 Å². The molecule has 2 heterocycles. The van der Waals surface area contributed by atoms with Crippen LogP contribution in [0.2, 0.25) is 0 Å². The number of imidazole rings is 1. The number of fused-ring (bicyclic) bond motifs is 1. The highest BCUT2D eigenvalue weighted by Crippen LogP contribution is 2.24. The third-order valence-corrected chi connectivity index (χ3v) is 5.40. The van der Waals surface area contributed by atoms with E-state index in [-0.39, 0.29) is 36.3 Å². The fourth-order valence-corrected chi connectivity index (χ4v) is 3.89. The zero-order valence-corrected chi connectivity index (χ0v) is 15.8. The Kier molecular flexibility index (Phi) is 5.44. The van der Waals surface area contributed by atoms with Gasteiger partial charge in [0.25, 0.3) is 0 Å². The SMILES string of the molecule is O=C(CN1CCC(n2c(=O)[nH]c3ccccc32)CC1)NCc1ccc(F)cc1F. The predicted molar refractivity (Wildman–Crippen MR) is 105 cm³/mol. The van der Waals surface area contributed by atoms with E-state index in [1.807, 2.05) is 33.7 Å². The third-order valence-electron chi connectivity index (χ3n) is 5.40. The lowest BCUT2D eigenvalue weighted by atomic mass is 10.0. The van der Waals surface area contributed by atoms with Crippen molar-refractivity contribution in [3.63, 3.8) is 0 Å². The molecular formula is C21H22F2N4O2. The van der Waals surface area contributed by atoms with Crippen LogP contribution in [0.15, 0.2) is 47.3 Å². The van der Waals surface area contributed by atoms with Gasteiger partial charge in [0.2, 0.25) is 5.91 Å². The van der Waals surface area contributed by atoms with Crippen LogP contribution in [0.4, 0.5) is 8.78 Å². The molecule has 1 saturated heterocycles. The first-order valence-electron chi connectivity index (χ1n) is 9.63. The van der Waals surface area contributed by atoms with E-state index >= 15 is 0 Å². The quantitative estimate of drug-likeness (QED) is 0.692. The number of carbonyl (C=O) groups excluding carboxylic acids is 1. The summed E-state index contributed by atoms with van der Waals surface area (Å²) in [4.78, 5) is 29.4. The van der Waals surface area contributed by atoms with Gasteiger partial charge in [-0.15, -0.1) is 0 Å². The molecule has 0 bridgehead atoms. The fraction of sp³-hybridized carbons (Fsp3) is 0.333. The van der Waals surface area contributed by atoms with Gasteiger partial charge in [0.15, 0.2) is 0 Å². The molecule has 1 aliphatic rings. The van der Waals surface area contributed by atoms with Crippen LogP contribution in [0.1, 0.15) is 24.4 Å². The van der Waals surface area contributed by atoms with Crippen LogP contribution in [0.3, 0.4) is 0 Å². The molecule has 2 aromatic carbocycles. The first-order chi connectivity index (χ1) is 14.0. The van der Waals surface area contributed by atoms with Gasteiger partial charge in [-0.05, 0) is 31.0 Å². The summed E-state index contributed by atoms with van der Waals surface area (Å²) in [5.74, 6) is -1.53. The lowest BCUT2D eigenvalue weighted by Crippen LogP contribution is -2.42. The molecule has 0 radical (unpaired) electrons. The molecule has 1 aliphatic heterocycles. The normalized spacial score (nSPS) is 15.7. The molecule has 3 aromatic rings. The number of benzene rings is 2. The third kappa shape index (κ3) is 4.22. The summed E-state index contributed by atoms with van der Waals surface area (Å²) in [6.45, 7) is 1.61. The van der Waals surface area contributed by atoms with Gasteiger partial charge in [0.1, 0.15) is 11.6 Å². The van der Waals surface area contributed by atoms with Crippen molar-refractivity contribution in [2.75, 3.05) is 19.6 Å². The summed E-state index contributed by atoms with van der Waals surface area (Å²) in [5.41, 5.74) is 1.86. The first kappa shape index (κ1) is 19.3. The number of para-hydroxylation sites is 2. The van der Waals surface area contributed by atoms with Crippen molar-refractivity contribution in [2.45, 2.75) is 25.4 Å². The Labute approximate surface area is 166 Å². The molecular weight excluding hydrogens is 378 g/mol. The van der Waals surface area contributed by atoms with Gasteiger partial charge >= 0.3 is 5.69 Å². The van der Waals surface area contributed by atoms with Gasteiger partial charge in [-0.25, -0.2) is 13.6 Å². The minimum atomic E-state index is -0.671. The number of aromatic amines is 1. The highest BCUT2D eigenvalue weighted by molar-refractivity contribution is 5.78. The number of likely N-dealkylation sites (tertiary alicyclic amines) is 1. The molecule has 0 spiro atoms. The van der Waals surface area contributed by atoms with Crippen molar-refractivity contribution in [3.05, 3.63) is 70.1 Å². The van der Waals surface area contributed by atoms with Crippen molar-refractivity contribution in [1.29, 1.82) is 0 Å². The molecule has 0 saturated carbocycles. The molecule has 8 heteroatoms. The van der Waals surface area contributed by atoms with Crippen LogP contribution < -0.4 is 11.0 Å². The number of carbonyl (C=O) groups is 1. The van der Waals surface area contributed by atoms with Gasteiger partial charge in [-0.2, -0.15) is 0 Å². The Hall–Kier alpha value is -3.00. The molecule has 0 unspecified atom stereocenters. The maximum absolute atomic E-state index is 13.6. The molecule has 6 nitrogen and oxygen atoms in total. The van der Waals surface area contributed by atoms with Crippen molar-refractivity contribution in [1.82, 2.24) is 19.8 Å². The maximum Gasteiger partial charge on any atom is 0.326 e. The van der Waals surface area contributed by atoms with Gasteiger partial charge < -0.3 is 10.3 Å². The van der Waals surface area contributed by atoms with Crippen LogP contribution in [0, 0.1) is 11.6 Å². The number of piperidine rings is 1. The smallest absolute Gasteiger partial charge is 0.326 e. The molecule has 29 heavy (non-hydrogen) atoms. The van der Waals surface area contributed by atoms with Gasteiger partial charge in [0, 0.05) is 37.3 Å². The minimum Gasteiger partial charge on any atom is -0.351 e. The van der Waals surface area contributed by atoms with Gasteiger partial charge in [0.05, 0.1) is 17.6 Å². The van der Waals surface area contributed by atoms with Crippen molar-refractivity contribution in [2.24, 2.45) is 0 Å². The highest BCUT2D eigenvalue weighted by atomic mass is 19.1. The second-order valence-electron chi connectivity index (χ2n) is 7.34. The number of nitrogens with zero attached hydrogens (tertiary/aromatic N) is 2. The lowest BCUT2D eigenvalue weighted by molar-refractivity contribution is -0.122. The molecule has 0 atom stereocenters. The summed E-state index contributed by atoms with van der Waals surface area (Å²) in [6, 6.07) is 11.0. The Morgan fingerprint density at radius 2 is 1.90 bits per heavy atom. The highest BCUT2D eigenvalue weighted by Gasteiger charge is 2.24. The molecule has 4 rings (SSSR count). The van der Waals surface area contributed by atoms with Crippen LogP contribution in [-0.4, -0.2) is 40.0 Å². The topological polar surface area (TPSA) is 70.1 Å². The molecule has 1 aromatic heterocycles. The molecule has 0 aliphatic carbocycles. The zero-order valence-electron chi connectivity index (χ0n) is 15.8. The largest absolute Gasteiger partial charge is 0.351 e. The van der Waals surface area contributed by atoms with Crippen molar-refractivity contribution < 1.29 is 13.6 Å². The average molecular weight is 400 g/mol. The number of nitrogens with one attached hydrogen (secondary N) is 2. The fourth-order valence-electron chi connectivity index (χ4n) is 3.89. The van der Waals surface area contributed by atoms with Gasteiger partial charge in [-0.3, -0.25) is 14.3 Å². The Morgan fingerprint density at radius 1 is 1.14 bits per heavy atom. The van der Waals surface area contributed by atoms with E-state index in [0.29, 0.717) is 13.1 Å². The molecule has 152 valence electrons. The van der Waals surface area contributed by atoms with Gasteiger partial charge in [-0.1, -0.05) is 18.2 Å². The standard InChI is InChI=1S/C21H22F2N4O2/c22-15-6-5-14(17(23)11-15)12-24-20(28)13-26-9-7-16(8-10-26)27-19-4-2-1-3-18(19)25-21(27)29/h1-6,11,16H,7-10,12-13H2,(H,24,28)(H,25,29). The minimum absolute atomic E-state index is 0.0200. The Bertz CT molecular complexity index is 1080. The zero-order chi connectivity index (χ0) is 20.4. The van der Waals surface area contributed by atoms with E-state index in [2.05, 4.69) is 10.3 Å². The molecule has 1 fully saturated rings. The summed E-state index contributed by atoms with van der Waals surface area (Å²) in [5, 5.41) is 2.68. The van der Waals surface area contributed by atoms with E-state index in [4.69, 9.17) is 0 Å². The number of amides is 1. The van der Waals surface area contributed by atoms with E-state index in [9.17, 15) is 18.4 Å². The van der Waals surface area contributed by atoms with Crippen LogP contribution >= 0.6 is 0 Å². The number of aromatic nitrogens is 2. The summed E-state index contributed by atoms with van der Waals surface area (Å²) >= 11 is 0. The van der Waals surface area contributed by atoms with Crippen LogP contribution in [-0.2, 0) is 11.3 Å². The maximum atomic E-state index is 13.6. The lowest BCUT2D eigenvalue weighted by Gasteiger charge is -2.32. The summed E-state index contributed by atoms with van der Waals surface area (Å²) in [6.07, 6.45) is 1.53. The average Bonchev–Trinajstić information content (AvgIpc) is 3.04.